The zero-order valence-corrected chi connectivity index (χ0v) is 18.6. The highest BCUT2D eigenvalue weighted by Crippen LogP contribution is 2.29. The van der Waals surface area contributed by atoms with E-state index < -0.39 is 0 Å². The molecule has 0 bridgehead atoms. The standard InChI is InChI=1S/C24H29N3OS/c1-6-27(7-2)23-26-21(16-29-23)18-9-8-10-20(15-18)25-22(28)17-11-13-19(14-12-17)24(3,4)5/h8-16H,6-7H2,1-5H3,(H,25,28). The molecule has 0 fully saturated rings. The normalized spacial score (nSPS) is 11.3. The largest absolute Gasteiger partial charge is 0.349 e. The third kappa shape index (κ3) is 5.04. The Morgan fingerprint density at radius 2 is 1.76 bits per heavy atom. The van der Waals surface area contributed by atoms with Gasteiger partial charge in [0.15, 0.2) is 5.13 Å². The lowest BCUT2D eigenvalue weighted by Crippen LogP contribution is -2.21. The van der Waals surface area contributed by atoms with E-state index in [0.717, 1.165) is 35.2 Å². The predicted molar refractivity (Wildman–Crippen MR) is 124 cm³/mol. The molecule has 0 aliphatic carbocycles. The highest BCUT2D eigenvalue weighted by molar-refractivity contribution is 7.14. The summed E-state index contributed by atoms with van der Waals surface area (Å²) in [6, 6.07) is 15.7. The Bertz CT molecular complexity index is 966. The summed E-state index contributed by atoms with van der Waals surface area (Å²) in [5, 5.41) is 6.10. The van der Waals surface area contributed by atoms with Gasteiger partial charge in [0.1, 0.15) is 0 Å². The fourth-order valence-electron chi connectivity index (χ4n) is 3.12. The van der Waals surface area contributed by atoms with E-state index in [1.165, 1.54) is 5.56 Å². The Kier molecular flexibility index (Phi) is 6.38. The number of benzene rings is 2. The van der Waals surface area contributed by atoms with E-state index in [9.17, 15) is 4.79 Å². The highest BCUT2D eigenvalue weighted by atomic mass is 32.1. The van der Waals surface area contributed by atoms with E-state index in [4.69, 9.17) is 4.98 Å². The van der Waals surface area contributed by atoms with Crippen molar-refractivity contribution in [1.82, 2.24) is 4.98 Å². The molecule has 0 unspecified atom stereocenters. The minimum atomic E-state index is -0.107. The van der Waals surface area contributed by atoms with Gasteiger partial charge in [0, 0.05) is 35.3 Å². The molecular formula is C24H29N3OS. The Morgan fingerprint density at radius 3 is 2.38 bits per heavy atom. The first-order chi connectivity index (χ1) is 13.8. The number of nitrogens with zero attached hydrogens (tertiary/aromatic N) is 2. The molecule has 3 aromatic rings. The number of carbonyl (C=O) groups excluding carboxylic acids is 1. The van der Waals surface area contributed by atoms with Gasteiger partial charge in [0.2, 0.25) is 0 Å². The van der Waals surface area contributed by atoms with Crippen molar-refractivity contribution in [3.05, 3.63) is 65.0 Å². The maximum Gasteiger partial charge on any atom is 0.255 e. The number of hydrogen-bond acceptors (Lipinski definition) is 4. The molecule has 5 heteroatoms. The molecule has 0 spiro atoms. The van der Waals surface area contributed by atoms with Gasteiger partial charge in [-0.3, -0.25) is 4.79 Å². The van der Waals surface area contributed by atoms with Crippen LogP contribution in [-0.2, 0) is 5.41 Å². The summed E-state index contributed by atoms with van der Waals surface area (Å²) in [5.74, 6) is -0.107. The van der Waals surface area contributed by atoms with Crippen LogP contribution in [0.4, 0.5) is 10.8 Å². The third-order valence-electron chi connectivity index (χ3n) is 4.96. The van der Waals surface area contributed by atoms with Gasteiger partial charge in [-0.15, -0.1) is 11.3 Å². The number of hydrogen-bond donors (Lipinski definition) is 1. The lowest BCUT2D eigenvalue weighted by molar-refractivity contribution is 0.102. The fourth-order valence-corrected chi connectivity index (χ4v) is 4.08. The van der Waals surface area contributed by atoms with Gasteiger partial charge >= 0.3 is 0 Å². The van der Waals surface area contributed by atoms with Crippen LogP contribution in [0.1, 0.15) is 50.5 Å². The molecule has 1 heterocycles. The third-order valence-corrected chi connectivity index (χ3v) is 5.86. The van der Waals surface area contributed by atoms with Crippen LogP contribution in [0.25, 0.3) is 11.3 Å². The summed E-state index contributed by atoms with van der Waals surface area (Å²) in [6.07, 6.45) is 0. The smallest absolute Gasteiger partial charge is 0.255 e. The maximum atomic E-state index is 12.7. The van der Waals surface area contributed by atoms with Crippen molar-refractivity contribution in [2.45, 2.75) is 40.0 Å². The van der Waals surface area contributed by atoms with Crippen LogP contribution >= 0.6 is 11.3 Å². The number of aromatic nitrogens is 1. The quantitative estimate of drug-likeness (QED) is 0.529. The van der Waals surface area contributed by atoms with Crippen LogP contribution in [-0.4, -0.2) is 24.0 Å². The van der Waals surface area contributed by atoms with Gasteiger partial charge in [-0.05, 0) is 49.1 Å². The predicted octanol–water partition coefficient (Wildman–Crippen LogP) is 6.21. The number of rotatable bonds is 6. The molecule has 0 aliphatic heterocycles. The number of nitrogens with one attached hydrogen (secondary N) is 1. The topological polar surface area (TPSA) is 45.2 Å². The van der Waals surface area contributed by atoms with Crippen LogP contribution < -0.4 is 10.2 Å². The van der Waals surface area contributed by atoms with Gasteiger partial charge in [-0.2, -0.15) is 0 Å². The molecule has 152 valence electrons. The summed E-state index contributed by atoms with van der Waals surface area (Å²) in [7, 11) is 0. The van der Waals surface area contributed by atoms with E-state index >= 15 is 0 Å². The number of amides is 1. The first-order valence-electron chi connectivity index (χ1n) is 10.0. The Labute approximate surface area is 177 Å². The van der Waals surface area contributed by atoms with Crippen LogP contribution in [0.3, 0.4) is 0 Å². The Morgan fingerprint density at radius 1 is 1.07 bits per heavy atom. The zero-order valence-electron chi connectivity index (χ0n) is 17.8. The summed E-state index contributed by atoms with van der Waals surface area (Å²) in [6.45, 7) is 12.6. The summed E-state index contributed by atoms with van der Waals surface area (Å²) < 4.78 is 0. The second-order valence-electron chi connectivity index (χ2n) is 8.05. The molecule has 1 aromatic heterocycles. The molecule has 0 atom stereocenters. The Hall–Kier alpha value is -2.66. The monoisotopic (exact) mass is 407 g/mol. The lowest BCUT2D eigenvalue weighted by atomic mass is 9.87. The van der Waals surface area contributed by atoms with Gasteiger partial charge in [0.25, 0.3) is 5.91 Å². The van der Waals surface area contributed by atoms with Crippen molar-refractivity contribution in [3.8, 4) is 11.3 Å². The maximum absolute atomic E-state index is 12.7. The van der Waals surface area contributed by atoms with Crippen molar-refractivity contribution in [2.75, 3.05) is 23.3 Å². The SMILES string of the molecule is CCN(CC)c1nc(-c2cccc(NC(=O)c3ccc(C(C)(C)C)cc3)c2)cs1. The first kappa shape index (κ1) is 21.1. The zero-order chi connectivity index (χ0) is 21.0. The molecule has 0 saturated carbocycles. The summed E-state index contributed by atoms with van der Waals surface area (Å²) in [5.41, 5.74) is 4.64. The molecule has 0 saturated heterocycles. The molecule has 3 rings (SSSR count). The van der Waals surface area contributed by atoms with E-state index in [0.29, 0.717) is 5.56 Å². The first-order valence-corrected chi connectivity index (χ1v) is 10.9. The molecular weight excluding hydrogens is 378 g/mol. The molecule has 2 aromatic carbocycles. The van der Waals surface area contributed by atoms with Crippen LogP contribution in [0, 0.1) is 0 Å². The Balaban J connectivity index is 1.75. The van der Waals surface area contributed by atoms with Crippen molar-refractivity contribution in [3.63, 3.8) is 0 Å². The molecule has 1 amide bonds. The summed E-state index contributed by atoms with van der Waals surface area (Å²) >= 11 is 1.65. The van der Waals surface area contributed by atoms with Gasteiger partial charge in [-0.25, -0.2) is 4.98 Å². The van der Waals surface area contributed by atoms with Crippen LogP contribution in [0.2, 0.25) is 0 Å². The second-order valence-corrected chi connectivity index (χ2v) is 8.89. The fraction of sp³-hybridized carbons (Fsp3) is 0.333. The van der Waals surface area contributed by atoms with E-state index in [2.05, 4.69) is 50.2 Å². The average Bonchev–Trinajstić information content (AvgIpc) is 3.18. The minimum absolute atomic E-state index is 0.0703. The van der Waals surface area contributed by atoms with Gasteiger partial charge in [0.05, 0.1) is 5.69 Å². The van der Waals surface area contributed by atoms with Crippen molar-refractivity contribution in [1.29, 1.82) is 0 Å². The van der Waals surface area contributed by atoms with Gasteiger partial charge < -0.3 is 10.2 Å². The molecule has 0 aliphatic rings. The number of carbonyl (C=O) groups is 1. The molecule has 29 heavy (non-hydrogen) atoms. The van der Waals surface area contributed by atoms with Crippen LogP contribution in [0.15, 0.2) is 53.9 Å². The molecule has 1 N–H and O–H groups in total. The summed E-state index contributed by atoms with van der Waals surface area (Å²) in [4.78, 5) is 19.7. The van der Waals surface area contributed by atoms with Crippen molar-refractivity contribution < 1.29 is 4.79 Å². The van der Waals surface area contributed by atoms with E-state index in [1.807, 2.05) is 48.5 Å². The van der Waals surface area contributed by atoms with Crippen molar-refractivity contribution >= 4 is 28.1 Å². The number of thiazole rings is 1. The van der Waals surface area contributed by atoms with E-state index in [1.54, 1.807) is 11.3 Å². The van der Waals surface area contributed by atoms with E-state index in [-0.39, 0.29) is 11.3 Å². The average molecular weight is 408 g/mol. The minimum Gasteiger partial charge on any atom is -0.349 e. The van der Waals surface area contributed by atoms with Gasteiger partial charge in [-0.1, -0.05) is 45.0 Å². The van der Waals surface area contributed by atoms with Crippen molar-refractivity contribution in [2.24, 2.45) is 0 Å². The lowest BCUT2D eigenvalue weighted by Gasteiger charge is -2.19. The number of anilines is 2. The van der Waals surface area contributed by atoms with Crippen LogP contribution in [0.5, 0.6) is 0 Å². The highest BCUT2D eigenvalue weighted by Gasteiger charge is 2.15. The molecule has 0 radical (unpaired) electrons. The molecule has 4 nitrogen and oxygen atoms in total. The second kappa shape index (κ2) is 8.78.